The molecule has 0 saturated heterocycles. The molecule has 2 atom stereocenters. The Balaban J connectivity index is 3.33. The van der Waals surface area contributed by atoms with E-state index in [1.165, 1.54) is 7.11 Å². The molecule has 0 aliphatic rings. The Morgan fingerprint density at radius 1 is 1.21 bits per heavy atom. The molecular formula is C23H31N3O7. The van der Waals surface area contributed by atoms with E-state index in [4.69, 9.17) is 11.2 Å². The van der Waals surface area contributed by atoms with Gasteiger partial charge in [-0.3, -0.25) is 19.3 Å². The number of terminal acetylenes is 1. The lowest BCUT2D eigenvalue weighted by molar-refractivity contribution is -0.143. The first kappa shape index (κ1) is 27.5. The van der Waals surface area contributed by atoms with Crippen LogP contribution in [0, 0.1) is 26.3 Å². The molecule has 3 amide bonds. The zero-order valence-corrected chi connectivity index (χ0v) is 19.7. The van der Waals surface area contributed by atoms with E-state index in [2.05, 4.69) is 21.4 Å². The van der Waals surface area contributed by atoms with Crippen molar-refractivity contribution >= 4 is 23.9 Å². The van der Waals surface area contributed by atoms with Gasteiger partial charge in [-0.25, -0.2) is 4.79 Å². The number of aliphatic hydroxyl groups is 1. The first-order valence-electron chi connectivity index (χ1n) is 10.2. The molecule has 10 heteroatoms. The van der Waals surface area contributed by atoms with Gasteiger partial charge in [0, 0.05) is 6.04 Å². The average molecular weight is 462 g/mol. The summed E-state index contributed by atoms with van der Waals surface area (Å²) in [6, 6.07) is 4.53. The van der Waals surface area contributed by atoms with Gasteiger partial charge in [0.15, 0.2) is 0 Å². The van der Waals surface area contributed by atoms with E-state index in [9.17, 15) is 24.3 Å². The van der Waals surface area contributed by atoms with Crippen molar-refractivity contribution in [2.75, 3.05) is 20.3 Å². The van der Waals surface area contributed by atoms with E-state index in [1.807, 2.05) is 6.92 Å². The van der Waals surface area contributed by atoms with Crippen LogP contribution in [0.1, 0.15) is 43.5 Å². The summed E-state index contributed by atoms with van der Waals surface area (Å²) in [4.78, 5) is 50.6. The minimum absolute atomic E-state index is 0.406. The average Bonchev–Trinajstić information content (AvgIpc) is 2.72. The molecule has 0 aliphatic carbocycles. The number of carbonyl (C=O) groups is 4. The maximum Gasteiger partial charge on any atom is 0.408 e. The highest BCUT2D eigenvalue weighted by molar-refractivity contribution is 5.94. The zero-order valence-electron chi connectivity index (χ0n) is 19.7. The number of hydrogen-bond acceptors (Lipinski definition) is 7. The van der Waals surface area contributed by atoms with Crippen molar-refractivity contribution < 1.29 is 33.8 Å². The molecule has 0 aliphatic heterocycles. The number of rotatable bonds is 8. The molecule has 180 valence electrons. The smallest absolute Gasteiger partial charge is 0.408 e. The van der Waals surface area contributed by atoms with Crippen molar-refractivity contribution in [2.45, 2.75) is 52.3 Å². The lowest BCUT2D eigenvalue weighted by atomic mass is 9.97. The minimum atomic E-state index is -1.47. The first-order chi connectivity index (χ1) is 15.3. The fraction of sp³-hybridized carbons (Fsp3) is 0.478. The fourth-order valence-electron chi connectivity index (χ4n) is 2.93. The number of nitrogens with one attached hydrogen (secondary N) is 2. The number of aliphatic hydroxyl groups excluding tert-OH is 1. The first-order valence-corrected chi connectivity index (χ1v) is 10.2. The number of aryl methyl sites for hydroxylation is 2. The Bertz CT molecular complexity index is 931. The van der Waals surface area contributed by atoms with Gasteiger partial charge in [0.25, 0.3) is 5.91 Å². The Kier molecular flexibility index (Phi) is 9.88. The molecule has 0 aromatic heterocycles. The summed E-state index contributed by atoms with van der Waals surface area (Å²) in [5.74, 6) is -2.35. The number of nitrogens with zero attached hydrogens (tertiary/aromatic N) is 1. The second kappa shape index (κ2) is 11.9. The molecule has 10 nitrogen and oxygen atoms in total. The lowest BCUT2D eigenvalue weighted by Gasteiger charge is -2.30. The zero-order chi connectivity index (χ0) is 25.3. The number of alkyl carbamates (subject to hydrolysis) is 1. The molecule has 0 bridgehead atoms. The van der Waals surface area contributed by atoms with E-state index in [-0.39, 0.29) is 0 Å². The molecule has 0 heterocycles. The molecule has 0 radical (unpaired) electrons. The predicted octanol–water partition coefficient (Wildman–Crippen LogP) is 0.939. The molecule has 3 N–H and O–H groups in total. The molecule has 1 aromatic rings. The van der Waals surface area contributed by atoms with Gasteiger partial charge in [-0.2, -0.15) is 0 Å². The van der Waals surface area contributed by atoms with Crippen LogP contribution in [0.25, 0.3) is 0 Å². The van der Waals surface area contributed by atoms with Gasteiger partial charge >= 0.3 is 12.1 Å². The molecule has 0 fully saturated rings. The quantitative estimate of drug-likeness (QED) is 0.298. The Morgan fingerprint density at radius 3 is 2.33 bits per heavy atom. The summed E-state index contributed by atoms with van der Waals surface area (Å²) >= 11 is 0. The summed E-state index contributed by atoms with van der Waals surface area (Å²) in [5.41, 5.74) is 1.15. The predicted molar refractivity (Wildman–Crippen MR) is 120 cm³/mol. The van der Waals surface area contributed by atoms with E-state index in [1.54, 1.807) is 45.9 Å². The molecule has 0 spiro atoms. The maximum absolute atomic E-state index is 13.2. The van der Waals surface area contributed by atoms with Gasteiger partial charge in [0.1, 0.15) is 24.2 Å². The minimum Gasteiger partial charge on any atom is -0.468 e. The van der Waals surface area contributed by atoms with Crippen LogP contribution >= 0.6 is 0 Å². The van der Waals surface area contributed by atoms with E-state index < -0.39 is 54.7 Å². The van der Waals surface area contributed by atoms with Crippen LogP contribution in [0.15, 0.2) is 18.2 Å². The molecule has 33 heavy (non-hydrogen) atoms. The van der Waals surface area contributed by atoms with Gasteiger partial charge in [-0.05, 0) is 45.7 Å². The highest BCUT2D eigenvalue weighted by atomic mass is 16.6. The fourth-order valence-corrected chi connectivity index (χ4v) is 2.93. The summed E-state index contributed by atoms with van der Waals surface area (Å²) in [6.07, 6.45) is 4.66. The van der Waals surface area contributed by atoms with Gasteiger partial charge in [-0.15, -0.1) is 0 Å². The standard InChI is InChI=1S/C23H31N3O7/c1-8-26(21(30)17(13-27)25-22(31)33-23(4,5)6)19(20(29)24-12-18(28)32-7)16-10-9-14(2)11-15(16)3/h1,9-11,17,19,27H,12-13H2,2-7H3,(H,24,29)(H,25,31). The molecule has 2 unspecified atom stereocenters. The number of ether oxygens (including phenoxy) is 2. The molecular weight excluding hydrogens is 430 g/mol. The summed E-state index contributed by atoms with van der Waals surface area (Å²) < 4.78 is 9.65. The number of benzene rings is 1. The third-order valence-electron chi connectivity index (χ3n) is 4.41. The van der Waals surface area contributed by atoms with E-state index in [0.29, 0.717) is 11.1 Å². The van der Waals surface area contributed by atoms with Gasteiger partial charge in [-0.1, -0.05) is 30.2 Å². The van der Waals surface area contributed by atoms with Gasteiger partial charge < -0.3 is 25.2 Å². The maximum atomic E-state index is 13.2. The van der Waals surface area contributed by atoms with Crippen molar-refractivity contribution in [3.8, 4) is 12.5 Å². The Morgan fingerprint density at radius 2 is 1.85 bits per heavy atom. The van der Waals surface area contributed by atoms with Crippen LogP contribution in [0.5, 0.6) is 0 Å². The van der Waals surface area contributed by atoms with Crippen molar-refractivity contribution in [3.05, 3.63) is 34.9 Å². The van der Waals surface area contributed by atoms with E-state index in [0.717, 1.165) is 10.5 Å². The lowest BCUT2D eigenvalue weighted by Crippen LogP contribution is -2.53. The topological polar surface area (TPSA) is 134 Å². The van der Waals surface area contributed by atoms with Crippen molar-refractivity contribution in [1.82, 2.24) is 15.5 Å². The largest absolute Gasteiger partial charge is 0.468 e. The van der Waals surface area contributed by atoms with Gasteiger partial charge in [0.05, 0.1) is 13.7 Å². The van der Waals surface area contributed by atoms with Crippen LogP contribution in [-0.4, -0.2) is 65.8 Å². The third-order valence-corrected chi connectivity index (χ3v) is 4.41. The number of carbonyl (C=O) groups excluding carboxylic acids is 4. The van der Waals surface area contributed by atoms with Crippen molar-refractivity contribution in [3.63, 3.8) is 0 Å². The van der Waals surface area contributed by atoms with Crippen molar-refractivity contribution in [1.29, 1.82) is 0 Å². The summed E-state index contributed by atoms with van der Waals surface area (Å²) in [7, 11) is 1.17. The normalized spacial score (nSPS) is 12.5. The Labute approximate surface area is 193 Å². The van der Waals surface area contributed by atoms with Crippen LogP contribution in [0.4, 0.5) is 4.79 Å². The van der Waals surface area contributed by atoms with E-state index >= 15 is 0 Å². The highest BCUT2D eigenvalue weighted by Crippen LogP contribution is 2.26. The van der Waals surface area contributed by atoms with Crippen LogP contribution in [0.3, 0.4) is 0 Å². The Hall–Kier alpha value is -3.58. The third kappa shape index (κ3) is 8.12. The molecule has 1 rings (SSSR count). The second-order valence-corrected chi connectivity index (χ2v) is 8.28. The SMILES string of the molecule is C#CN(C(=O)C(CO)NC(=O)OC(C)(C)C)C(C(=O)NCC(=O)OC)c1ccc(C)cc1C. The number of hydrogen-bond donors (Lipinski definition) is 3. The number of amides is 3. The highest BCUT2D eigenvalue weighted by Gasteiger charge is 2.36. The summed E-state index contributed by atoms with van der Waals surface area (Å²) in [6.45, 7) is 7.28. The molecule has 1 aromatic carbocycles. The van der Waals surface area contributed by atoms with Crippen LogP contribution < -0.4 is 10.6 Å². The monoisotopic (exact) mass is 461 g/mol. The number of methoxy groups -OCH3 is 1. The van der Waals surface area contributed by atoms with Crippen LogP contribution in [0.2, 0.25) is 0 Å². The van der Waals surface area contributed by atoms with Crippen molar-refractivity contribution in [2.24, 2.45) is 0 Å². The van der Waals surface area contributed by atoms with Crippen LogP contribution in [-0.2, 0) is 23.9 Å². The molecule has 0 saturated carbocycles. The van der Waals surface area contributed by atoms with Gasteiger partial charge in [0.2, 0.25) is 5.91 Å². The second-order valence-electron chi connectivity index (χ2n) is 8.28. The summed E-state index contributed by atoms with van der Waals surface area (Å²) in [5, 5.41) is 14.4. The number of esters is 1.